The van der Waals surface area contributed by atoms with E-state index in [1.165, 1.54) is 0 Å². The maximum Gasteiger partial charge on any atom is 0.167 e. The van der Waals surface area contributed by atoms with E-state index >= 15 is 0 Å². The topological polar surface area (TPSA) is 30.7 Å². The quantitative estimate of drug-likeness (QED) is 0.783. The van der Waals surface area contributed by atoms with E-state index in [2.05, 4.69) is 26.1 Å². The summed E-state index contributed by atoms with van der Waals surface area (Å²) in [7, 11) is 0. The lowest BCUT2D eigenvalue weighted by molar-refractivity contribution is 0.390. The zero-order valence-corrected chi connectivity index (χ0v) is 12.5. The molecule has 0 unspecified atom stereocenters. The molecule has 1 aromatic carbocycles. The molecule has 19 heavy (non-hydrogen) atoms. The second kappa shape index (κ2) is 5.00. The Morgan fingerprint density at radius 2 is 1.89 bits per heavy atom. The summed E-state index contributed by atoms with van der Waals surface area (Å²) in [6.45, 7) is 5.88. The fraction of sp³-hybridized carbons (Fsp3) is 0.385. The minimum atomic E-state index is -0.513. The van der Waals surface area contributed by atoms with Crippen LogP contribution >= 0.6 is 15.9 Å². The first kappa shape index (κ1) is 14.1. The molecule has 0 atom stereocenters. The van der Waals surface area contributed by atoms with Gasteiger partial charge in [-0.05, 0) is 39.0 Å². The van der Waals surface area contributed by atoms with Crippen molar-refractivity contribution in [3.8, 4) is 11.4 Å². The average molecular weight is 330 g/mol. The number of halogens is 3. The fourth-order valence-electron chi connectivity index (χ4n) is 1.95. The van der Waals surface area contributed by atoms with Crippen molar-refractivity contribution in [3.63, 3.8) is 0 Å². The lowest BCUT2D eigenvalue weighted by Crippen LogP contribution is -2.25. The summed E-state index contributed by atoms with van der Waals surface area (Å²) in [5.74, 6) is -0.00853. The molecule has 0 saturated carbocycles. The molecule has 0 aliphatic heterocycles. The van der Waals surface area contributed by atoms with Crippen molar-refractivity contribution < 1.29 is 8.78 Å². The Morgan fingerprint density at radius 1 is 1.21 bits per heavy atom. The van der Waals surface area contributed by atoms with Gasteiger partial charge < -0.3 is 4.57 Å². The predicted molar refractivity (Wildman–Crippen MR) is 73.0 cm³/mol. The minimum Gasteiger partial charge on any atom is -0.305 e. The maximum atomic E-state index is 13.9. The molecular weight excluding hydrogens is 316 g/mol. The Balaban J connectivity index is 2.69. The molecule has 0 N–H and O–H groups in total. The minimum absolute atomic E-state index is 0.120. The number of benzene rings is 1. The second-order valence-electron chi connectivity index (χ2n) is 5.20. The summed E-state index contributed by atoms with van der Waals surface area (Å²) >= 11 is 3.33. The Hall–Kier alpha value is -1.30. The molecular formula is C13H14BrF2N3. The van der Waals surface area contributed by atoms with E-state index in [1.807, 2.05) is 20.8 Å². The predicted octanol–water partition coefficient (Wildman–Crippen LogP) is 3.87. The lowest BCUT2D eigenvalue weighted by atomic mass is 10.1. The Morgan fingerprint density at radius 3 is 2.47 bits per heavy atom. The molecule has 0 fully saturated rings. The van der Waals surface area contributed by atoms with E-state index in [4.69, 9.17) is 0 Å². The van der Waals surface area contributed by atoms with Gasteiger partial charge in [-0.25, -0.2) is 8.78 Å². The highest BCUT2D eigenvalue weighted by Crippen LogP contribution is 2.29. The molecule has 0 amide bonds. The molecule has 1 aromatic heterocycles. The highest BCUT2D eigenvalue weighted by atomic mass is 79.9. The molecule has 1 heterocycles. The van der Waals surface area contributed by atoms with Crippen LogP contribution in [0.3, 0.4) is 0 Å². The van der Waals surface area contributed by atoms with Crippen LogP contribution in [0.2, 0.25) is 0 Å². The summed E-state index contributed by atoms with van der Waals surface area (Å²) in [5, 5.41) is 8.52. The van der Waals surface area contributed by atoms with Crippen LogP contribution in [-0.4, -0.2) is 14.8 Å². The van der Waals surface area contributed by atoms with Gasteiger partial charge in [0.05, 0.1) is 10.9 Å². The van der Waals surface area contributed by atoms with E-state index in [0.717, 1.165) is 18.2 Å². The highest BCUT2D eigenvalue weighted by molar-refractivity contribution is 9.08. The van der Waals surface area contributed by atoms with Crippen molar-refractivity contribution in [1.29, 1.82) is 0 Å². The zero-order valence-electron chi connectivity index (χ0n) is 10.9. The SMILES string of the molecule is CC(C)(C)n1c(CBr)nnc1-c1cc(F)ccc1F. The van der Waals surface area contributed by atoms with Crippen molar-refractivity contribution in [3.05, 3.63) is 35.7 Å². The van der Waals surface area contributed by atoms with Gasteiger partial charge in [0.2, 0.25) is 0 Å². The number of nitrogens with zero attached hydrogens (tertiary/aromatic N) is 3. The van der Waals surface area contributed by atoms with Gasteiger partial charge in [0.15, 0.2) is 5.82 Å². The zero-order chi connectivity index (χ0) is 14.2. The Labute approximate surface area is 118 Å². The van der Waals surface area contributed by atoms with Crippen LogP contribution in [0, 0.1) is 11.6 Å². The summed E-state index contributed by atoms with van der Waals surface area (Å²) in [6.07, 6.45) is 0. The van der Waals surface area contributed by atoms with Crippen LogP contribution in [0.15, 0.2) is 18.2 Å². The molecule has 3 nitrogen and oxygen atoms in total. The average Bonchev–Trinajstić information content (AvgIpc) is 2.75. The standard InChI is InChI=1S/C13H14BrF2N3/c1-13(2,3)19-11(7-14)17-18-12(19)9-6-8(15)4-5-10(9)16/h4-6H,7H2,1-3H3. The van der Waals surface area contributed by atoms with E-state index in [0.29, 0.717) is 17.0 Å². The van der Waals surface area contributed by atoms with Gasteiger partial charge >= 0.3 is 0 Å². The van der Waals surface area contributed by atoms with E-state index in [-0.39, 0.29) is 11.1 Å². The fourth-order valence-corrected chi connectivity index (χ4v) is 2.31. The highest BCUT2D eigenvalue weighted by Gasteiger charge is 2.25. The number of rotatable bonds is 2. The molecule has 2 rings (SSSR count). The van der Waals surface area contributed by atoms with Crippen molar-refractivity contribution in [1.82, 2.24) is 14.8 Å². The van der Waals surface area contributed by atoms with Gasteiger partial charge in [0.1, 0.15) is 17.5 Å². The van der Waals surface area contributed by atoms with E-state index in [9.17, 15) is 8.78 Å². The first-order chi connectivity index (χ1) is 8.84. The molecule has 102 valence electrons. The molecule has 0 aliphatic rings. The third-order valence-corrected chi connectivity index (χ3v) is 3.19. The van der Waals surface area contributed by atoms with Gasteiger partial charge in [0, 0.05) is 5.54 Å². The van der Waals surface area contributed by atoms with Crippen molar-refractivity contribution in [2.45, 2.75) is 31.6 Å². The van der Waals surface area contributed by atoms with Crippen LogP contribution in [0.25, 0.3) is 11.4 Å². The maximum absolute atomic E-state index is 13.9. The Kier molecular flexibility index (Phi) is 3.71. The van der Waals surface area contributed by atoms with Crippen LogP contribution in [0.1, 0.15) is 26.6 Å². The number of alkyl halides is 1. The molecule has 0 spiro atoms. The van der Waals surface area contributed by atoms with Gasteiger partial charge in [0.25, 0.3) is 0 Å². The molecule has 0 saturated heterocycles. The second-order valence-corrected chi connectivity index (χ2v) is 5.76. The normalized spacial score (nSPS) is 11.9. The van der Waals surface area contributed by atoms with Gasteiger partial charge in [-0.3, -0.25) is 0 Å². The lowest BCUT2D eigenvalue weighted by Gasteiger charge is -2.24. The van der Waals surface area contributed by atoms with Crippen LogP contribution < -0.4 is 0 Å². The monoisotopic (exact) mass is 329 g/mol. The van der Waals surface area contributed by atoms with Crippen LogP contribution in [-0.2, 0) is 10.9 Å². The molecule has 0 bridgehead atoms. The van der Waals surface area contributed by atoms with Crippen LogP contribution in [0.5, 0.6) is 0 Å². The van der Waals surface area contributed by atoms with Crippen molar-refractivity contribution in [2.75, 3.05) is 0 Å². The van der Waals surface area contributed by atoms with Gasteiger partial charge in [-0.15, -0.1) is 10.2 Å². The largest absolute Gasteiger partial charge is 0.305 e. The number of aromatic nitrogens is 3. The molecule has 2 aromatic rings. The first-order valence-electron chi connectivity index (χ1n) is 5.80. The van der Waals surface area contributed by atoms with Gasteiger partial charge in [-0.2, -0.15) is 0 Å². The third kappa shape index (κ3) is 2.68. The number of hydrogen-bond acceptors (Lipinski definition) is 2. The van der Waals surface area contributed by atoms with E-state index < -0.39 is 11.6 Å². The van der Waals surface area contributed by atoms with E-state index in [1.54, 1.807) is 4.57 Å². The Bertz CT molecular complexity index is 602. The summed E-state index contributed by atoms with van der Waals surface area (Å²) in [6, 6.07) is 3.32. The van der Waals surface area contributed by atoms with Crippen molar-refractivity contribution >= 4 is 15.9 Å². The third-order valence-electron chi connectivity index (χ3n) is 2.69. The summed E-state index contributed by atoms with van der Waals surface area (Å²) in [5.41, 5.74) is -0.213. The molecule has 0 aliphatic carbocycles. The summed E-state index contributed by atoms with van der Waals surface area (Å²) < 4.78 is 29.0. The number of hydrogen-bond donors (Lipinski definition) is 0. The summed E-state index contributed by atoms with van der Waals surface area (Å²) in [4.78, 5) is 0. The van der Waals surface area contributed by atoms with Crippen molar-refractivity contribution in [2.24, 2.45) is 0 Å². The first-order valence-corrected chi connectivity index (χ1v) is 6.93. The van der Waals surface area contributed by atoms with Crippen LogP contribution in [0.4, 0.5) is 8.78 Å². The van der Waals surface area contributed by atoms with Gasteiger partial charge in [-0.1, -0.05) is 15.9 Å². The smallest absolute Gasteiger partial charge is 0.167 e. The molecule has 0 radical (unpaired) electrons. The molecule has 6 heteroatoms.